The lowest BCUT2D eigenvalue weighted by atomic mass is 10.2. The summed E-state index contributed by atoms with van der Waals surface area (Å²) in [5.41, 5.74) is 0.732. The van der Waals surface area contributed by atoms with Gasteiger partial charge in [-0.15, -0.1) is 11.3 Å². The van der Waals surface area contributed by atoms with Crippen LogP contribution in [-0.2, 0) is 12.8 Å². The number of aromatic nitrogens is 1. The Bertz CT molecular complexity index is 727. The van der Waals surface area contributed by atoms with Crippen LogP contribution in [0.25, 0.3) is 11.0 Å². The van der Waals surface area contributed by atoms with Crippen LogP contribution >= 0.6 is 11.3 Å². The van der Waals surface area contributed by atoms with Crippen molar-refractivity contribution in [1.29, 1.82) is 0 Å². The standard InChI is InChI=1S/C16H16N2O2S/c1-2-12-10-18-15(21-12)7-8-17-16(19)14-9-11-5-3-4-6-13(11)20-14/h3-6,9-10H,2,7-8H2,1H3,(H,17,19). The normalized spacial score (nSPS) is 10.9. The van der Waals surface area contributed by atoms with Crippen LogP contribution in [0.1, 0.15) is 27.4 Å². The van der Waals surface area contributed by atoms with Crippen LogP contribution in [0.4, 0.5) is 0 Å². The van der Waals surface area contributed by atoms with Gasteiger partial charge >= 0.3 is 0 Å². The van der Waals surface area contributed by atoms with Gasteiger partial charge in [0.05, 0.1) is 5.01 Å². The number of nitrogens with zero attached hydrogens (tertiary/aromatic N) is 1. The number of benzene rings is 1. The van der Waals surface area contributed by atoms with Gasteiger partial charge in [0.1, 0.15) is 5.58 Å². The number of fused-ring (bicyclic) bond motifs is 1. The Morgan fingerprint density at radius 1 is 1.38 bits per heavy atom. The van der Waals surface area contributed by atoms with E-state index in [1.807, 2.05) is 30.5 Å². The molecular weight excluding hydrogens is 284 g/mol. The van der Waals surface area contributed by atoms with E-state index in [0.29, 0.717) is 12.3 Å². The molecule has 1 N–H and O–H groups in total. The van der Waals surface area contributed by atoms with Gasteiger partial charge in [-0.1, -0.05) is 25.1 Å². The highest BCUT2D eigenvalue weighted by molar-refractivity contribution is 7.11. The quantitative estimate of drug-likeness (QED) is 0.785. The van der Waals surface area contributed by atoms with Crippen molar-refractivity contribution in [1.82, 2.24) is 10.3 Å². The molecule has 0 saturated heterocycles. The summed E-state index contributed by atoms with van der Waals surface area (Å²) in [6.45, 7) is 2.67. The van der Waals surface area contributed by atoms with Gasteiger partial charge < -0.3 is 9.73 Å². The first-order valence-corrected chi connectivity index (χ1v) is 7.78. The molecule has 0 saturated carbocycles. The summed E-state index contributed by atoms with van der Waals surface area (Å²) in [6, 6.07) is 9.36. The molecule has 3 rings (SSSR count). The van der Waals surface area contributed by atoms with Gasteiger partial charge in [0.15, 0.2) is 5.76 Å². The van der Waals surface area contributed by atoms with Crippen molar-refractivity contribution in [2.45, 2.75) is 19.8 Å². The van der Waals surface area contributed by atoms with Crippen LogP contribution in [0.5, 0.6) is 0 Å². The van der Waals surface area contributed by atoms with Gasteiger partial charge in [0.2, 0.25) is 0 Å². The molecule has 2 aromatic heterocycles. The second kappa shape index (κ2) is 6.10. The Hall–Kier alpha value is -2.14. The summed E-state index contributed by atoms with van der Waals surface area (Å²) in [5.74, 6) is 0.169. The summed E-state index contributed by atoms with van der Waals surface area (Å²) in [6.07, 6.45) is 3.65. The van der Waals surface area contributed by atoms with Crippen LogP contribution in [0.15, 0.2) is 40.9 Å². The summed E-state index contributed by atoms with van der Waals surface area (Å²) >= 11 is 1.70. The molecule has 1 amide bonds. The van der Waals surface area contributed by atoms with Gasteiger partial charge in [-0.3, -0.25) is 4.79 Å². The fourth-order valence-corrected chi connectivity index (χ4v) is 2.95. The molecule has 0 aliphatic heterocycles. The van der Waals surface area contributed by atoms with Crippen molar-refractivity contribution in [3.63, 3.8) is 0 Å². The van der Waals surface area contributed by atoms with Gasteiger partial charge in [-0.05, 0) is 18.6 Å². The average Bonchev–Trinajstić information content (AvgIpc) is 3.13. The number of hydrogen-bond donors (Lipinski definition) is 1. The minimum atomic E-state index is -0.182. The third-order valence-corrected chi connectivity index (χ3v) is 4.43. The molecule has 0 aliphatic rings. The van der Waals surface area contributed by atoms with Gasteiger partial charge in [0, 0.05) is 29.4 Å². The molecule has 4 nitrogen and oxygen atoms in total. The number of thiazole rings is 1. The molecule has 0 fully saturated rings. The second-order valence-electron chi connectivity index (χ2n) is 4.73. The van der Waals surface area contributed by atoms with E-state index >= 15 is 0 Å². The lowest BCUT2D eigenvalue weighted by molar-refractivity contribution is 0.0928. The zero-order valence-corrected chi connectivity index (χ0v) is 12.6. The first-order chi connectivity index (χ1) is 10.3. The third kappa shape index (κ3) is 3.13. The van der Waals surface area contributed by atoms with Crippen molar-refractivity contribution < 1.29 is 9.21 Å². The second-order valence-corrected chi connectivity index (χ2v) is 5.93. The molecule has 0 radical (unpaired) electrons. The summed E-state index contributed by atoms with van der Waals surface area (Å²) in [5, 5.41) is 4.86. The monoisotopic (exact) mass is 300 g/mol. The maximum atomic E-state index is 12.0. The molecule has 0 atom stereocenters. The van der Waals surface area contributed by atoms with E-state index < -0.39 is 0 Å². The summed E-state index contributed by atoms with van der Waals surface area (Å²) in [4.78, 5) is 17.7. The first-order valence-electron chi connectivity index (χ1n) is 6.96. The lowest BCUT2D eigenvalue weighted by Crippen LogP contribution is -2.25. The number of para-hydroxylation sites is 1. The highest BCUT2D eigenvalue weighted by atomic mass is 32.1. The zero-order chi connectivity index (χ0) is 14.7. The number of amides is 1. The fourth-order valence-electron chi connectivity index (χ4n) is 2.09. The molecule has 5 heteroatoms. The molecule has 0 spiro atoms. The highest BCUT2D eigenvalue weighted by Gasteiger charge is 2.11. The molecule has 108 valence electrons. The van der Waals surface area contributed by atoms with Crippen LogP contribution in [0.3, 0.4) is 0 Å². The molecule has 0 bridgehead atoms. The van der Waals surface area contributed by atoms with Gasteiger partial charge in [-0.25, -0.2) is 4.98 Å². The molecule has 0 unspecified atom stereocenters. The van der Waals surface area contributed by atoms with Crippen molar-refractivity contribution in [3.8, 4) is 0 Å². The zero-order valence-electron chi connectivity index (χ0n) is 11.8. The maximum absolute atomic E-state index is 12.0. The Labute approximate surface area is 126 Å². The molecule has 21 heavy (non-hydrogen) atoms. The summed E-state index contributed by atoms with van der Waals surface area (Å²) < 4.78 is 5.53. The van der Waals surface area contributed by atoms with E-state index in [1.165, 1.54) is 4.88 Å². The number of furan rings is 1. The first kappa shape index (κ1) is 13.8. The Morgan fingerprint density at radius 3 is 3.00 bits per heavy atom. The Balaban J connectivity index is 1.58. The van der Waals surface area contributed by atoms with Gasteiger partial charge in [-0.2, -0.15) is 0 Å². The van der Waals surface area contributed by atoms with Crippen LogP contribution in [-0.4, -0.2) is 17.4 Å². The molecule has 0 aliphatic carbocycles. The number of rotatable bonds is 5. The minimum Gasteiger partial charge on any atom is -0.451 e. The van der Waals surface area contributed by atoms with E-state index in [1.54, 1.807) is 17.4 Å². The Morgan fingerprint density at radius 2 is 2.24 bits per heavy atom. The third-order valence-electron chi connectivity index (χ3n) is 3.22. The van der Waals surface area contributed by atoms with E-state index in [2.05, 4.69) is 17.2 Å². The average molecular weight is 300 g/mol. The Kier molecular flexibility index (Phi) is 4.01. The minimum absolute atomic E-state index is 0.182. The number of aryl methyl sites for hydroxylation is 1. The predicted octanol–water partition coefficient (Wildman–Crippen LogP) is 3.42. The lowest BCUT2D eigenvalue weighted by Gasteiger charge is -2.00. The smallest absolute Gasteiger partial charge is 0.287 e. The molecular formula is C16H16N2O2S. The van der Waals surface area contributed by atoms with Crippen molar-refractivity contribution >= 4 is 28.2 Å². The number of nitrogens with one attached hydrogen (secondary N) is 1. The van der Waals surface area contributed by atoms with Crippen molar-refractivity contribution in [2.24, 2.45) is 0 Å². The maximum Gasteiger partial charge on any atom is 0.287 e. The summed E-state index contributed by atoms with van der Waals surface area (Å²) in [7, 11) is 0. The van der Waals surface area contributed by atoms with E-state index in [4.69, 9.17) is 4.42 Å². The SMILES string of the molecule is CCc1cnc(CCNC(=O)c2cc3ccccc3o2)s1. The van der Waals surface area contributed by atoms with E-state index in [0.717, 1.165) is 28.8 Å². The molecule has 1 aromatic carbocycles. The topological polar surface area (TPSA) is 55.1 Å². The number of carbonyl (C=O) groups is 1. The van der Waals surface area contributed by atoms with Gasteiger partial charge in [0.25, 0.3) is 5.91 Å². The van der Waals surface area contributed by atoms with Crippen molar-refractivity contribution in [2.75, 3.05) is 6.54 Å². The van der Waals surface area contributed by atoms with E-state index in [-0.39, 0.29) is 5.91 Å². The number of hydrogen-bond acceptors (Lipinski definition) is 4. The number of carbonyl (C=O) groups excluding carboxylic acids is 1. The fraction of sp³-hybridized carbons (Fsp3) is 0.250. The molecule has 3 aromatic rings. The largest absolute Gasteiger partial charge is 0.451 e. The highest BCUT2D eigenvalue weighted by Crippen LogP contribution is 2.18. The predicted molar refractivity (Wildman–Crippen MR) is 83.7 cm³/mol. The van der Waals surface area contributed by atoms with Crippen LogP contribution in [0.2, 0.25) is 0 Å². The van der Waals surface area contributed by atoms with Crippen molar-refractivity contribution in [3.05, 3.63) is 52.2 Å². The van der Waals surface area contributed by atoms with Crippen LogP contribution in [0, 0.1) is 0 Å². The van der Waals surface area contributed by atoms with Crippen LogP contribution < -0.4 is 5.32 Å². The molecule has 2 heterocycles. The van der Waals surface area contributed by atoms with E-state index in [9.17, 15) is 4.79 Å².